The summed E-state index contributed by atoms with van der Waals surface area (Å²) in [4.78, 5) is 12.7. The Balaban J connectivity index is 1.90. The van der Waals surface area contributed by atoms with Crippen molar-refractivity contribution in [1.29, 1.82) is 0 Å². The van der Waals surface area contributed by atoms with Crippen LogP contribution in [0.15, 0.2) is 0 Å². The summed E-state index contributed by atoms with van der Waals surface area (Å²) in [6, 6.07) is -3.42. The van der Waals surface area contributed by atoms with E-state index in [1.807, 2.05) is 0 Å². The number of hydrogen-bond acceptors (Lipinski definition) is 17. The van der Waals surface area contributed by atoms with Gasteiger partial charge >= 0.3 is 0 Å². The lowest BCUT2D eigenvalue weighted by atomic mass is 9.72. The lowest BCUT2D eigenvalue weighted by molar-refractivity contribution is -0.310. The molecule has 0 spiro atoms. The highest BCUT2D eigenvalue weighted by Gasteiger charge is 2.55. The molecule has 2 aliphatic heterocycles. The maximum atomic E-state index is 12.7. The molecule has 0 radical (unpaired) electrons. The Morgan fingerprint density at radius 2 is 1.62 bits per heavy atom. The van der Waals surface area contributed by atoms with Gasteiger partial charge in [-0.15, -0.1) is 0 Å². The fourth-order valence-corrected chi connectivity index (χ4v) is 5.79. The van der Waals surface area contributed by atoms with Crippen molar-refractivity contribution in [1.82, 2.24) is 10.6 Å². The summed E-state index contributed by atoms with van der Waals surface area (Å²) in [5.74, 6) is -2.02. The Morgan fingerprint density at radius 3 is 2.24 bits per heavy atom. The van der Waals surface area contributed by atoms with Gasteiger partial charge < -0.3 is 88.0 Å². The molecule has 1 amide bonds. The third kappa shape index (κ3) is 7.72. The summed E-state index contributed by atoms with van der Waals surface area (Å²) in [7, 11) is 0. The van der Waals surface area contributed by atoms with Crippen LogP contribution in [0.1, 0.15) is 12.8 Å². The maximum Gasteiger partial charge on any atom is 0.249 e. The standard InChI is InChI=1S/C24H47N5O13/c25-2-1-10(32)23(39)29-9-5-8(26)13(22-20(38)19(37)16(34)11(40-22)6-28-3-4-30)17(35)21(9)42-24-18(36)14(27)15(33)12(7-31)41-24/h8-22,24,28,30-38H,1-7,25-27H2,(H,29,39). The second-order valence-electron chi connectivity index (χ2n) is 11.1. The topological polar surface area (TPSA) is 329 Å². The molecule has 2 saturated heterocycles. The Bertz CT molecular complexity index is 849. The first-order chi connectivity index (χ1) is 19.9. The van der Waals surface area contributed by atoms with Gasteiger partial charge in [0.2, 0.25) is 5.91 Å². The first kappa shape index (κ1) is 35.3. The zero-order valence-corrected chi connectivity index (χ0v) is 23.1. The molecule has 3 rings (SSSR count). The molecule has 18 heteroatoms. The molecule has 0 bridgehead atoms. The number of hydrogen-bond donors (Lipinski definition) is 14. The minimum absolute atomic E-state index is 0.00762. The predicted molar refractivity (Wildman–Crippen MR) is 141 cm³/mol. The van der Waals surface area contributed by atoms with Crippen molar-refractivity contribution in [2.75, 3.05) is 32.8 Å². The van der Waals surface area contributed by atoms with Gasteiger partial charge in [-0.3, -0.25) is 4.79 Å². The summed E-state index contributed by atoms with van der Waals surface area (Å²) >= 11 is 0. The monoisotopic (exact) mass is 613 g/mol. The molecule has 0 aromatic carbocycles. The minimum Gasteiger partial charge on any atom is -0.395 e. The second-order valence-corrected chi connectivity index (χ2v) is 11.1. The Hall–Kier alpha value is -1.17. The molecule has 2 heterocycles. The first-order valence-electron chi connectivity index (χ1n) is 14.0. The quantitative estimate of drug-likeness (QED) is 0.0908. The van der Waals surface area contributed by atoms with Gasteiger partial charge in [0.05, 0.1) is 43.6 Å². The van der Waals surface area contributed by atoms with Crippen LogP contribution >= 0.6 is 0 Å². The van der Waals surface area contributed by atoms with Crippen LogP contribution in [-0.2, 0) is 19.0 Å². The number of nitrogens with one attached hydrogen (secondary N) is 2. The highest BCUT2D eigenvalue weighted by molar-refractivity contribution is 5.80. The van der Waals surface area contributed by atoms with Crippen LogP contribution < -0.4 is 27.8 Å². The fraction of sp³-hybridized carbons (Fsp3) is 0.958. The lowest BCUT2D eigenvalue weighted by Crippen LogP contribution is -2.71. The van der Waals surface area contributed by atoms with E-state index in [4.69, 9.17) is 36.5 Å². The van der Waals surface area contributed by atoms with Crippen molar-refractivity contribution in [2.45, 2.75) is 104 Å². The minimum atomic E-state index is -1.71. The van der Waals surface area contributed by atoms with Crippen LogP contribution in [0.2, 0.25) is 0 Å². The van der Waals surface area contributed by atoms with Crippen LogP contribution in [0.5, 0.6) is 0 Å². The van der Waals surface area contributed by atoms with E-state index in [-0.39, 0.29) is 39.1 Å². The normalized spacial score (nSPS) is 45.4. The molecule has 246 valence electrons. The number of amides is 1. The molecular formula is C24H47N5O13. The van der Waals surface area contributed by atoms with Crippen molar-refractivity contribution < 1.29 is 65.0 Å². The van der Waals surface area contributed by atoms with Gasteiger partial charge in [-0.05, 0) is 19.4 Å². The van der Waals surface area contributed by atoms with Crippen molar-refractivity contribution in [3.8, 4) is 0 Å². The smallest absolute Gasteiger partial charge is 0.249 e. The molecule has 1 saturated carbocycles. The van der Waals surface area contributed by atoms with Gasteiger partial charge in [0, 0.05) is 25.0 Å². The van der Waals surface area contributed by atoms with Crippen molar-refractivity contribution in [2.24, 2.45) is 23.1 Å². The van der Waals surface area contributed by atoms with E-state index in [9.17, 15) is 45.6 Å². The third-order valence-corrected chi connectivity index (χ3v) is 8.21. The average Bonchev–Trinajstić information content (AvgIpc) is 2.95. The van der Waals surface area contributed by atoms with E-state index in [2.05, 4.69) is 10.6 Å². The summed E-state index contributed by atoms with van der Waals surface area (Å²) in [5.41, 5.74) is 17.7. The lowest BCUT2D eigenvalue weighted by Gasteiger charge is -2.52. The van der Waals surface area contributed by atoms with E-state index in [1.54, 1.807) is 0 Å². The van der Waals surface area contributed by atoms with Gasteiger partial charge in [0.1, 0.15) is 48.8 Å². The highest BCUT2D eigenvalue weighted by atomic mass is 16.7. The van der Waals surface area contributed by atoms with Crippen LogP contribution in [0.25, 0.3) is 0 Å². The molecule has 3 fully saturated rings. The van der Waals surface area contributed by atoms with Crippen molar-refractivity contribution >= 4 is 5.91 Å². The summed E-state index contributed by atoms with van der Waals surface area (Å²) in [5, 5.41) is 98.5. The van der Waals surface area contributed by atoms with E-state index in [1.165, 1.54) is 0 Å². The molecule has 17 N–H and O–H groups in total. The Labute approximate surface area is 242 Å². The third-order valence-electron chi connectivity index (χ3n) is 8.21. The van der Waals surface area contributed by atoms with E-state index in [0.717, 1.165) is 0 Å². The number of carbonyl (C=O) groups is 1. The molecule has 16 atom stereocenters. The van der Waals surface area contributed by atoms with Gasteiger partial charge in [0.15, 0.2) is 6.29 Å². The van der Waals surface area contributed by atoms with Gasteiger partial charge in [-0.2, -0.15) is 0 Å². The molecule has 0 aromatic heterocycles. The van der Waals surface area contributed by atoms with Gasteiger partial charge in [0.25, 0.3) is 0 Å². The molecule has 0 aromatic rings. The number of rotatable bonds is 12. The first-order valence-corrected chi connectivity index (χ1v) is 14.0. The van der Waals surface area contributed by atoms with Gasteiger partial charge in [-0.25, -0.2) is 0 Å². The number of ether oxygens (including phenoxy) is 3. The molecule has 3 aliphatic rings. The van der Waals surface area contributed by atoms with Crippen molar-refractivity contribution in [3.05, 3.63) is 0 Å². The largest absolute Gasteiger partial charge is 0.395 e. The Kier molecular flexibility index (Phi) is 13.2. The summed E-state index contributed by atoms with van der Waals surface area (Å²) in [6.45, 7) is -0.745. The average molecular weight is 614 g/mol. The zero-order chi connectivity index (χ0) is 31.3. The van der Waals surface area contributed by atoms with Crippen LogP contribution in [0, 0.1) is 5.92 Å². The molecular weight excluding hydrogens is 566 g/mol. The molecule has 42 heavy (non-hydrogen) atoms. The Morgan fingerprint density at radius 1 is 0.929 bits per heavy atom. The SMILES string of the molecule is NCCC(O)C(=O)NC1CC(N)C(C2OC(CNCCO)C(O)C(O)C2O)C(O)C1OC1OC(CO)C(O)C(N)C1O. The van der Waals surface area contributed by atoms with Crippen molar-refractivity contribution in [3.63, 3.8) is 0 Å². The summed E-state index contributed by atoms with van der Waals surface area (Å²) < 4.78 is 17.3. The molecule has 16 unspecified atom stereocenters. The van der Waals surface area contributed by atoms with E-state index >= 15 is 0 Å². The van der Waals surface area contributed by atoms with Gasteiger partial charge in [-0.1, -0.05) is 0 Å². The van der Waals surface area contributed by atoms with Crippen LogP contribution in [0.3, 0.4) is 0 Å². The molecule has 1 aliphatic carbocycles. The number of aliphatic hydroxyl groups excluding tert-OH is 9. The predicted octanol–water partition coefficient (Wildman–Crippen LogP) is -8.53. The second kappa shape index (κ2) is 15.7. The number of nitrogens with two attached hydrogens (primary N) is 3. The molecule has 18 nitrogen and oxygen atoms in total. The number of carbonyl (C=O) groups excluding carboxylic acids is 1. The highest BCUT2D eigenvalue weighted by Crippen LogP contribution is 2.37. The van der Waals surface area contributed by atoms with Crippen LogP contribution in [0.4, 0.5) is 0 Å². The van der Waals surface area contributed by atoms with E-state index in [0.29, 0.717) is 0 Å². The fourth-order valence-electron chi connectivity index (χ4n) is 5.79. The number of aliphatic hydroxyl groups is 9. The summed E-state index contributed by atoms with van der Waals surface area (Å²) in [6.07, 6.45) is -18.1. The zero-order valence-electron chi connectivity index (χ0n) is 23.1. The van der Waals surface area contributed by atoms with E-state index < -0.39 is 110 Å². The van der Waals surface area contributed by atoms with Crippen LogP contribution in [-0.4, -0.2) is 176 Å². The maximum absolute atomic E-state index is 12.7.